The van der Waals surface area contributed by atoms with Gasteiger partial charge in [-0.1, -0.05) is 79.7 Å². The average Bonchev–Trinajstić information content (AvgIpc) is 2.67. The maximum absolute atomic E-state index is 2.59. The van der Waals surface area contributed by atoms with E-state index in [0.717, 1.165) is 13.1 Å². The molecule has 0 saturated carbocycles. The molecule has 3 aromatic carbocycles. The van der Waals surface area contributed by atoms with E-state index in [9.17, 15) is 0 Å². The number of rotatable bonds is 8. The van der Waals surface area contributed by atoms with Crippen LogP contribution in [-0.2, 0) is 6.54 Å². The molecule has 26 heavy (non-hydrogen) atoms. The lowest BCUT2D eigenvalue weighted by Crippen LogP contribution is -2.31. The van der Waals surface area contributed by atoms with E-state index in [1.807, 2.05) is 0 Å². The smallest absolute Gasteiger partial charge is 0.0236 e. The van der Waals surface area contributed by atoms with Crippen LogP contribution in [0.2, 0.25) is 0 Å². The van der Waals surface area contributed by atoms with Crippen LogP contribution in [0.25, 0.3) is 10.8 Å². The Morgan fingerprint density at radius 1 is 0.769 bits per heavy atom. The third kappa shape index (κ3) is 4.74. The summed E-state index contributed by atoms with van der Waals surface area (Å²) in [5, 5.41) is 2.76. The van der Waals surface area contributed by atoms with Crippen LogP contribution in [0, 0.1) is 0 Å². The standard InChI is InChI=1S/C25H31N/c1-20(2)26(19-22-12-5-4-6-13-22)18-10-11-21(3)24-17-9-15-23-14-7-8-16-25(23)24/h4-9,12-17,20-21H,10-11,18-19H2,1-3H3. The Bertz CT molecular complexity index is 801. The fourth-order valence-corrected chi connectivity index (χ4v) is 3.77. The topological polar surface area (TPSA) is 3.24 Å². The highest BCUT2D eigenvalue weighted by atomic mass is 15.1. The minimum absolute atomic E-state index is 0.572. The molecule has 0 heterocycles. The lowest BCUT2D eigenvalue weighted by Gasteiger charge is -2.27. The Labute approximate surface area is 158 Å². The van der Waals surface area contributed by atoms with E-state index in [1.54, 1.807) is 0 Å². The summed E-state index contributed by atoms with van der Waals surface area (Å²) in [6, 6.07) is 26.9. The molecule has 3 aromatic rings. The van der Waals surface area contributed by atoms with E-state index in [1.165, 1.54) is 34.7 Å². The van der Waals surface area contributed by atoms with Crippen LogP contribution in [0.3, 0.4) is 0 Å². The van der Waals surface area contributed by atoms with E-state index in [0.29, 0.717) is 12.0 Å². The Kier molecular flexibility index (Phi) is 6.46. The van der Waals surface area contributed by atoms with E-state index in [2.05, 4.69) is 98.5 Å². The molecule has 1 nitrogen and oxygen atoms in total. The molecule has 0 N–H and O–H groups in total. The Morgan fingerprint density at radius 3 is 2.23 bits per heavy atom. The van der Waals surface area contributed by atoms with Crippen LogP contribution in [0.1, 0.15) is 50.7 Å². The first-order valence-corrected chi connectivity index (χ1v) is 9.91. The van der Waals surface area contributed by atoms with Crippen LogP contribution in [0.15, 0.2) is 72.8 Å². The molecule has 0 aliphatic rings. The zero-order valence-electron chi connectivity index (χ0n) is 16.4. The van der Waals surface area contributed by atoms with Crippen LogP contribution in [0.5, 0.6) is 0 Å². The van der Waals surface area contributed by atoms with Crippen molar-refractivity contribution in [3.05, 3.63) is 83.9 Å². The molecule has 0 bridgehead atoms. The molecule has 1 heteroatoms. The van der Waals surface area contributed by atoms with Gasteiger partial charge in [0, 0.05) is 12.6 Å². The van der Waals surface area contributed by atoms with Crippen LogP contribution < -0.4 is 0 Å². The van der Waals surface area contributed by atoms with Gasteiger partial charge in [0.25, 0.3) is 0 Å². The zero-order valence-corrected chi connectivity index (χ0v) is 16.4. The molecule has 0 aliphatic carbocycles. The summed E-state index contributed by atoms with van der Waals surface area (Å²) in [5.74, 6) is 0.590. The minimum Gasteiger partial charge on any atom is -0.297 e. The van der Waals surface area contributed by atoms with E-state index < -0.39 is 0 Å². The molecule has 1 unspecified atom stereocenters. The second-order valence-corrected chi connectivity index (χ2v) is 7.66. The van der Waals surface area contributed by atoms with Gasteiger partial charge in [-0.05, 0) is 61.1 Å². The second kappa shape index (κ2) is 9.00. The minimum atomic E-state index is 0.572. The predicted octanol–water partition coefficient (Wildman–Crippen LogP) is 6.63. The molecule has 0 aliphatic heterocycles. The van der Waals surface area contributed by atoms with Gasteiger partial charge in [-0.25, -0.2) is 0 Å². The lowest BCUT2D eigenvalue weighted by atomic mass is 9.91. The van der Waals surface area contributed by atoms with E-state index in [4.69, 9.17) is 0 Å². The molecule has 0 spiro atoms. The van der Waals surface area contributed by atoms with Crippen molar-refractivity contribution >= 4 is 10.8 Å². The van der Waals surface area contributed by atoms with Crippen molar-refractivity contribution in [3.63, 3.8) is 0 Å². The van der Waals surface area contributed by atoms with Gasteiger partial charge in [0.05, 0.1) is 0 Å². The molecular weight excluding hydrogens is 314 g/mol. The van der Waals surface area contributed by atoms with Crippen molar-refractivity contribution < 1.29 is 0 Å². The fourth-order valence-electron chi connectivity index (χ4n) is 3.77. The van der Waals surface area contributed by atoms with Gasteiger partial charge in [-0.15, -0.1) is 0 Å². The SMILES string of the molecule is CC(CCCN(Cc1ccccc1)C(C)C)c1cccc2ccccc12. The summed E-state index contributed by atoms with van der Waals surface area (Å²) in [4.78, 5) is 2.59. The van der Waals surface area contributed by atoms with Crippen molar-refractivity contribution in [1.29, 1.82) is 0 Å². The van der Waals surface area contributed by atoms with Crippen LogP contribution in [0.4, 0.5) is 0 Å². The first-order chi connectivity index (χ1) is 12.6. The van der Waals surface area contributed by atoms with Gasteiger partial charge in [-0.3, -0.25) is 4.90 Å². The van der Waals surface area contributed by atoms with Gasteiger partial charge in [0.1, 0.15) is 0 Å². The summed E-state index contributed by atoms with van der Waals surface area (Å²) in [7, 11) is 0. The first kappa shape index (κ1) is 18.7. The quantitative estimate of drug-likeness (QED) is 0.442. The van der Waals surface area contributed by atoms with Crippen molar-refractivity contribution in [1.82, 2.24) is 4.90 Å². The monoisotopic (exact) mass is 345 g/mol. The van der Waals surface area contributed by atoms with Gasteiger partial charge >= 0.3 is 0 Å². The number of fused-ring (bicyclic) bond motifs is 1. The number of hydrogen-bond donors (Lipinski definition) is 0. The highest BCUT2D eigenvalue weighted by Crippen LogP contribution is 2.28. The number of hydrogen-bond acceptors (Lipinski definition) is 1. The molecule has 3 rings (SSSR count). The van der Waals surface area contributed by atoms with Crippen LogP contribution >= 0.6 is 0 Å². The normalized spacial score (nSPS) is 12.8. The van der Waals surface area contributed by atoms with E-state index >= 15 is 0 Å². The average molecular weight is 346 g/mol. The molecule has 1 atom stereocenters. The van der Waals surface area contributed by atoms with E-state index in [-0.39, 0.29) is 0 Å². The maximum Gasteiger partial charge on any atom is 0.0236 e. The fraction of sp³-hybridized carbons (Fsp3) is 0.360. The summed E-state index contributed by atoms with van der Waals surface area (Å²) in [5.41, 5.74) is 2.89. The summed E-state index contributed by atoms with van der Waals surface area (Å²) < 4.78 is 0. The molecule has 136 valence electrons. The third-order valence-corrected chi connectivity index (χ3v) is 5.40. The van der Waals surface area contributed by atoms with Gasteiger partial charge in [0.15, 0.2) is 0 Å². The van der Waals surface area contributed by atoms with Crippen molar-refractivity contribution in [2.24, 2.45) is 0 Å². The number of nitrogens with zero attached hydrogens (tertiary/aromatic N) is 1. The van der Waals surface area contributed by atoms with Crippen molar-refractivity contribution in [3.8, 4) is 0 Å². The van der Waals surface area contributed by atoms with Crippen LogP contribution in [-0.4, -0.2) is 17.5 Å². The summed E-state index contributed by atoms with van der Waals surface area (Å²) in [6.07, 6.45) is 2.46. The number of benzene rings is 3. The maximum atomic E-state index is 2.59. The Hall–Kier alpha value is -2.12. The largest absolute Gasteiger partial charge is 0.297 e. The lowest BCUT2D eigenvalue weighted by molar-refractivity contribution is 0.207. The summed E-state index contributed by atoms with van der Waals surface area (Å²) in [6.45, 7) is 9.18. The second-order valence-electron chi connectivity index (χ2n) is 7.66. The zero-order chi connectivity index (χ0) is 18.4. The molecule has 0 saturated heterocycles. The summed E-state index contributed by atoms with van der Waals surface area (Å²) >= 11 is 0. The molecule has 0 amide bonds. The van der Waals surface area contributed by atoms with Gasteiger partial charge < -0.3 is 0 Å². The highest BCUT2D eigenvalue weighted by molar-refractivity contribution is 5.86. The predicted molar refractivity (Wildman–Crippen MR) is 114 cm³/mol. The Morgan fingerprint density at radius 2 is 1.46 bits per heavy atom. The Balaban J connectivity index is 1.60. The van der Waals surface area contributed by atoms with Gasteiger partial charge in [0.2, 0.25) is 0 Å². The molecule has 0 radical (unpaired) electrons. The first-order valence-electron chi connectivity index (χ1n) is 9.91. The highest BCUT2D eigenvalue weighted by Gasteiger charge is 2.13. The van der Waals surface area contributed by atoms with Gasteiger partial charge in [-0.2, -0.15) is 0 Å². The molecular formula is C25H31N. The third-order valence-electron chi connectivity index (χ3n) is 5.40. The molecule has 0 aromatic heterocycles. The molecule has 0 fully saturated rings. The van der Waals surface area contributed by atoms with Crippen molar-refractivity contribution in [2.75, 3.05) is 6.54 Å². The van der Waals surface area contributed by atoms with Crippen molar-refractivity contribution in [2.45, 2.75) is 52.1 Å².